The van der Waals surface area contributed by atoms with Crippen LogP contribution in [-0.2, 0) is 24.8 Å². The van der Waals surface area contributed by atoms with Crippen molar-refractivity contribution in [2.24, 2.45) is 7.05 Å². The molecule has 1 unspecified atom stereocenters. The molecule has 1 fully saturated rings. The second-order valence-corrected chi connectivity index (χ2v) is 7.11. The Kier molecular flexibility index (Phi) is 5.29. The highest BCUT2D eigenvalue weighted by Crippen LogP contribution is 2.25. The number of hydrogen-bond donors (Lipinski definition) is 1. The SMILES string of the molecule is CCn1c(C2CCCN(C(=O)CCc3n[nH]c(C)c3C)C2)nn(C)c1=O. The van der Waals surface area contributed by atoms with E-state index in [-0.39, 0.29) is 17.5 Å². The Labute approximate surface area is 153 Å². The summed E-state index contributed by atoms with van der Waals surface area (Å²) in [7, 11) is 1.68. The molecule has 0 spiro atoms. The van der Waals surface area contributed by atoms with Crippen molar-refractivity contribution in [2.75, 3.05) is 13.1 Å². The first-order valence-electron chi connectivity index (χ1n) is 9.34. The monoisotopic (exact) mass is 360 g/mol. The lowest BCUT2D eigenvalue weighted by Crippen LogP contribution is -2.40. The van der Waals surface area contributed by atoms with E-state index in [4.69, 9.17) is 0 Å². The summed E-state index contributed by atoms with van der Waals surface area (Å²) in [6.45, 7) is 7.98. The van der Waals surface area contributed by atoms with E-state index in [0.29, 0.717) is 25.9 Å². The van der Waals surface area contributed by atoms with Crippen LogP contribution in [0.4, 0.5) is 0 Å². The molecule has 142 valence electrons. The Balaban J connectivity index is 1.66. The molecule has 3 heterocycles. The normalized spacial score (nSPS) is 17.7. The van der Waals surface area contributed by atoms with E-state index in [0.717, 1.165) is 42.2 Å². The predicted molar refractivity (Wildman–Crippen MR) is 98.1 cm³/mol. The molecular weight excluding hydrogens is 332 g/mol. The Hall–Kier alpha value is -2.38. The van der Waals surface area contributed by atoms with Gasteiger partial charge in [-0.25, -0.2) is 9.48 Å². The number of piperidine rings is 1. The summed E-state index contributed by atoms with van der Waals surface area (Å²) >= 11 is 0. The van der Waals surface area contributed by atoms with Crippen LogP contribution in [0.15, 0.2) is 4.79 Å². The number of aromatic amines is 1. The fraction of sp³-hybridized carbons (Fsp3) is 0.667. The number of carbonyl (C=O) groups is 1. The first kappa shape index (κ1) is 18.4. The molecule has 0 aliphatic carbocycles. The number of amides is 1. The largest absolute Gasteiger partial charge is 0.345 e. The van der Waals surface area contributed by atoms with Gasteiger partial charge in [-0.05, 0) is 39.2 Å². The summed E-state index contributed by atoms with van der Waals surface area (Å²) < 4.78 is 3.11. The average molecular weight is 360 g/mol. The van der Waals surface area contributed by atoms with Gasteiger partial charge in [0.05, 0.1) is 5.69 Å². The van der Waals surface area contributed by atoms with Gasteiger partial charge >= 0.3 is 5.69 Å². The number of aromatic nitrogens is 5. The molecule has 2 aromatic rings. The van der Waals surface area contributed by atoms with E-state index in [1.54, 1.807) is 11.6 Å². The zero-order chi connectivity index (χ0) is 18.8. The van der Waals surface area contributed by atoms with Gasteiger partial charge in [-0.15, -0.1) is 0 Å². The summed E-state index contributed by atoms with van der Waals surface area (Å²) in [5.74, 6) is 1.07. The van der Waals surface area contributed by atoms with Crippen molar-refractivity contribution in [3.05, 3.63) is 33.3 Å². The minimum atomic E-state index is -0.0877. The van der Waals surface area contributed by atoms with Crippen molar-refractivity contribution in [3.8, 4) is 0 Å². The van der Waals surface area contributed by atoms with Gasteiger partial charge in [0.25, 0.3) is 0 Å². The number of rotatable bonds is 5. The Morgan fingerprint density at radius 1 is 1.35 bits per heavy atom. The third-order valence-corrected chi connectivity index (χ3v) is 5.42. The third-order valence-electron chi connectivity index (χ3n) is 5.42. The van der Waals surface area contributed by atoms with Crippen LogP contribution < -0.4 is 5.69 Å². The van der Waals surface area contributed by atoms with Crippen LogP contribution >= 0.6 is 0 Å². The van der Waals surface area contributed by atoms with Crippen LogP contribution in [0.2, 0.25) is 0 Å². The highest BCUT2D eigenvalue weighted by Gasteiger charge is 2.28. The fourth-order valence-electron chi connectivity index (χ4n) is 3.70. The highest BCUT2D eigenvalue weighted by atomic mass is 16.2. The molecule has 1 aliphatic rings. The van der Waals surface area contributed by atoms with E-state index >= 15 is 0 Å². The minimum Gasteiger partial charge on any atom is -0.342 e. The molecule has 26 heavy (non-hydrogen) atoms. The molecule has 1 saturated heterocycles. The lowest BCUT2D eigenvalue weighted by atomic mass is 9.96. The van der Waals surface area contributed by atoms with Crippen molar-refractivity contribution in [1.82, 2.24) is 29.4 Å². The predicted octanol–water partition coefficient (Wildman–Crippen LogP) is 1.28. The van der Waals surface area contributed by atoms with Gasteiger partial charge in [-0.2, -0.15) is 10.2 Å². The quantitative estimate of drug-likeness (QED) is 0.870. The van der Waals surface area contributed by atoms with Gasteiger partial charge in [0, 0.05) is 51.1 Å². The molecule has 0 bridgehead atoms. The lowest BCUT2D eigenvalue weighted by Gasteiger charge is -2.32. The van der Waals surface area contributed by atoms with Crippen LogP contribution in [-0.4, -0.2) is 48.4 Å². The number of likely N-dealkylation sites (tertiary alicyclic amines) is 1. The maximum Gasteiger partial charge on any atom is 0.345 e. The first-order chi connectivity index (χ1) is 12.4. The highest BCUT2D eigenvalue weighted by molar-refractivity contribution is 5.76. The van der Waals surface area contributed by atoms with Crippen LogP contribution in [0, 0.1) is 13.8 Å². The molecule has 0 radical (unpaired) electrons. The molecule has 1 amide bonds. The number of hydrogen-bond acceptors (Lipinski definition) is 4. The summed E-state index contributed by atoms with van der Waals surface area (Å²) in [5, 5.41) is 11.7. The number of carbonyl (C=O) groups excluding carboxylic acids is 1. The van der Waals surface area contributed by atoms with Crippen molar-refractivity contribution in [3.63, 3.8) is 0 Å². The second-order valence-electron chi connectivity index (χ2n) is 7.11. The molecule has 8 nitrogen and oxygen atoms in total. The van der Waals surface area contributed by atoms with E-state index in [2.05, 4.69) is 15.3 Å². The van der Waals surface area contributed by atoms with E-state index in [9.17, 15) is 9.59 Å². The Morgan fingerprint density at radius 3 is 2.77 bits per heavy atom. The topological polar surface area (TPSA) is 88.8 Å². The van der Waals surface area contributed by atoms with Crippen molar-refractivity contribution in [1.29, 1.82) is 0 Å². The molecule has 0 saturated carbocycles. The van der Waals surface area contributed by atoms with Crippen molar-refractivity contribution in [2.45, 2.75) is 58.9 Å². The van der Waals surface area contributed by atoms with E-state index in [1.807, 2.05) is 25.7 Å². The van der Waals surface area contributed by atoms with Crippen LogP contribution in [0.25, 0.3) is 0 Å². The van der Waals surface area contributed by atoms with E-state index in [1.165, 1.54) is 4.68 Å². The molecule has 8 heteroatoms. The van der Waals surface area contributed by atoms with E-state index < -0.39 is 0 Å². The maximum atomic E-state index is 12.7. The zero-order valence-corrected chi connectivity index (χ0v) is 16.1. The minimum absolute atomic E-state index is 0.0877. The Morgan fingerprint density at radius 2 is 2.12 bits per heavy atom. The van der Waals surface area contributed by atoms with Crippen LogP contribution in [0.3, 0.4) is 0 Å². The van der Waals surface area contributed by atoms with Crippen LogP contribution in [0.5, 0.6) is 0 Å². The fourth-order valence-corrected chi connectivity index (χ4v) is 3.70. The van der Waals surface area contributed by atoms with Gasteiger partial charge in [0.1, 0.15) is 5.82 Å². The van der Waals surface area contributed by atoms with Gasteiger partial charge in [-0.1, -0.05) is 0 Å². The standard InChI is InChI=1S/C18H28N6O2/c1-5-24-17(21-22(4)18(24)26)14-7-6-10-23(11-14)16(25)9-8-15-12(2)13(3)19-20-15/h14H,5-11H2,1-4H3,(H,19,20). The molecule has 2 aromatic heterocycles. The number of nitrogens with zero attached hydrogens (tertiary/aromatic N) is 5. The van der Waals surface area contributed by atoms with Gasteiger partial charge in [-0.3, -0.25) is 14.5 Å². The lowest BCUT2D eigenvalue weighted by molar-refractivity contribution is -0.132. The summed E-state index contributed by atoms with van der Waals surface area (Å²) in [5.41, 5.74) is 3.07. The van der Waals surface area contributed by atoms with Crippen molar-refractivity contribution < 1.29 is 4.79 Å². The van der Waals surface area contributed by atoms with Crippen molar-refractivity contribution >= 4 is 5.91 Å². The molecular formula is C18H28N6O2. The van der Waals surface area contributed by atoms with Crippen LogP contribution in [0.1, 0.15) is 54.9 Å². The Bertz CT molecular complexity index is 846. The summed E-state index contributed by atoms with van der Waals surface area (Å²) in [4.78, 5) is 26.8. The molecule has 0 aromatic carbocycles. The third kappa shape index (κ3) is 3.45. The molecule has 1 N–H and O–H groups in total. The summed E-state index contributed by atoms with van der Waals surface area (Å²) in [6, 6.07) is 0. The maximum absolute atomic E-state index is 12.7. The molecule has 3 rings (SSSR count). The molecule has 1 aliphatic heterocycles. The van der Waals surface area contributed by atoms with Gasteiger partial charge in [0.2, 0.25) is 5.91 Å². The zero-order valence-electron chi connectivity index (χ0n) is 16.1. The number of aryl methyl sites for hydroxylation is 3. The number of nitrogens with one attached hydrogen (secondary N) is 1. The van der Waals surface area contributed by atoms with Gasteiger partial charge < -0.3 is 4.90 Å². The molecule has 1 atom stereocenters. The second kappa shape index (κ2) is 7.47. The first-order valence-corrected chi connectivity index (χ1v) is 9.34. The smallest absolute Gasteiger partial charge is 0.342 e. The summed E-state index contributed by atoms with van der Waals surface area (Å²) in [6.07, 6.45) is 3.00. The number of H-pyrrole nitrogens is 1. The average Bonchev–Trinajstić information content (AvgIpc) is 3.12. The van der Waals surface area contributed by atoms with Gasteiger partial charge in [0.15, 0.2) is 0 Å².